The van der Waals surface area contributed by atoms with Gasteiger partial charge in [-0.15, -0.1) is 0 Å². The summed E-state index contributed by atoms with van der Waals surface area (Å²) in [6, 6.07) is 0. The molecule has 0 saturated heterocycles. The van der Waals surface area contributed by atoms with Crippen LogP contribution in [0.3, 0.4) is 0 Å². The van der Waals surface area contributed by atoms with E-state index in [1.165, 1.54) is 6.08 Å². The van der Waals surface area contributed by atoms with Crippen molar-refractivity contribution in [3.05, 3.63) is 12.7 Å². The first-order valence-electron chi connectivity index (χ1n) is 3.59. The molecule has 0 radical (unpaired) electrons. The summed E-state index contributed by atoms with van der Waals surface area (Å²) in [4.78, 5) is 19.6. The van der Waals surface area contributed by atoms with Crippen molar-refractivity contribution in [1.29, 1.82) is 0 Å². The summed E-state index contributed by atoms with van der Waals surface area (Å²) in [5, 5.41) is 0. The number of ether oxygens (including phenoxy) is 1. The molecule has 4 heteroatoms. The second-order valence-electron chi connectivity index (χ2n) is 3.13. The molecule has 0 atom stereocenters. The molecule has 0 unspecified atom stereocenters. The fraction of sp³-hybridized carbons (Fsp3) is 0.625. The Labute approximate surface area is 73.5 Å². The number of rotatable bonds is 3. The first-order valence-corrected chi connectivity index (χ1v) is 3.59. The molecular formula is C8H15O4+. The Kier molecular flexibility index (Phi) is 4.36. The van der Waals surface area contributed by atoms with Gasteiger partial charge in [-0.2, -0.15) is 4.89 Å². The van der Waals surface area contributed by atoms with Gasteiger partial charge in [0, 0.05) is 0 Å². The minimum atomic E-state index is -0.857. The van der Waals surface area contributed by atoms with E-state index < -0.39 is 11.8 Å². The highest BCUT2D eigenvalue weighted by Gasteiger charge is 2.15. The van der Waals surface area contributed by atoms with Crippen LogP contribution >= 0.6 is 0 Å². The Morgan fingerprint density at radius 2 is 2.17 bits per heavy atom. The smallest absolute Gasteiger partial charge is 0.428 e. The molecule has 0 aromatic rings. The molecule has 0 heterocycles. The Bertz CT molecular complexity index is 162. The zero-order chi connectivity index (χ0) is 9.61. The van der Waals surface area contributed by atoms with Crippen molar-refractivity contribution in [2.45, 2.75) is 26.4 Å². The highest BCUT2D eigenvalue weighted by atomic mass is 17.2. The summed E-state index contributed by atoms with van der Waals surface area (Å²) < 4.78 is 4.48. The van der Waals surface area contributed by atoms with Crippen LogP contribution in [0.25, 0.3) is 0 Å². The zero-order valence-corrected chi connectivity index (χ0v) is 7.62. The van der Waals surface area contributed by atoms with E-state index in [2.05, 4.69) is 21.1 Å². The van der Waals surface area contributed by atoms with Gasteiger partial charge in [0.25, 0.3) is 0 Å². The van der Waals surface area contributed by atoms with Crippen LogP contribution in [0.2, 0.25) is 0 Å². The first-order chi connectivity index (χ1) is 5.45. The van der Waals surface area contributed by atoms with Crippen LogP contribution in [0.15, 0.2) is 12.7 Å². The molecule has 0 N–H and O–H groups in total. The second-order valence-corrected chi connectivity index (χ2v) is 3.13. The Balaban J connectivity index is 0. The van der Waals surface area contributed by atoms with Crippen LogP contribution in [0.4, 0.5) is 4.79 Å². The third-order valence-electron chi connectivity index (χ3n) is 0.679. The van der Waals surface area contributed by atoms with Gasteiger partial charge in [0.2, 0.25) is 0 Å². The van der Waals surface area contributed by atoms with Crippen LogP contribution in [-0.2, 0) is 14.5 Å². The number of hydrogen-bond donors (Lipinski definition) is 0. The number of carbonyl (C=O) groups is 1. The molecular weight excluding hydrogens is 160 g/mol. The van der Waals surface area contributed by atoms with Crippen molar-refractivity contribution in [3.8, 4) is 0 Å². The minimum absolute atomic E-state index is 0. The van der Waals surface area contributed by atoms with Crippen LogP contribution in [0.1, 0.15) is 22.2 Å². The minimum Gasteiger partial charge on any atom is -0.428 e. The SMILES string of the molecule is C=CCOC(=O)OOC(C)(C)C.[H+]. The van der Waals surface area contributed by atoms with Gasteiger partial charge >= 0.3 is 7.58 Å². The molecule has 0 saturated carbocycles. The molecule has 0 aromatic heterocycles. The van der Waals surface area contributed by atoms with Crippen molar-refractivity contribution in [2.24, 2.45) is 0 Å². The van der Waals surface area contributed by atoms with Gasteiger partial charge in [-0.05, 0) is 20.8 Å². The van der Waals surface area contributed by atoms with Gasteiger partial charge < -0.3 is 4.74 Å². The monoisotopic (exact) mass is 175 g/mol. The van der Waals surface area contributed by atoms with E-state index >= 15 is 0 Å². The van der Waals surface area contributed by atoms with E-state index in [0.29, 0.717) is 0 Å². The second kappa shape index (κ2) is 4.77. The topological polar surface area (TPSA) is 44.8 Å². The maximum Gasteiger partial charge on any atom is 1.00 e. The van der Waals surface area contributed by atoms with E-state index in [-0.39, 0.29) is 8.03 Å². The Morgan fingerprint density at radius 3 is 2.58 bits per heavy atom. The normalized spacial score (nSPS) is 10.6. The molecule has 4 nitrogen and oxygen atoms in total. The van der Waals surface area contributed by atoms with Gasteiger partial charge in [-0.3, -0.25) is 4.89 Å². The zero-order valence-electron chi connectivity index (χ0n) is 8.62. The van der Waals surface area contributed by atoms with Crippen molar-refractivity contribution < 1.29 is 20.7 Å². The van der Waals surface area contributed by atoms with Crippen molar-refractivity contribution in [3.63, 3.8) is 0 Å². The van der Waals surface area contributed by atoms with E-state index in [1.54, 1.807) is 20.8 Å². The maximum atomic E-state index is 10.6. The maximum absolute atomic E-state index is 10.6. The summed E-state index contributed by atoms with van der Waals surface area (Å²) in [5.41, 5.74) is -0.521. The summed E-state index contributed by atoms with van der Waals surface area (Å²) in [7, 11) is 0. The Morgan fingerprint density at radius 1 is 1.58 bits per heavy atom. The summed E-state index contributed by atoms with van der Waals surface area (Å²) in [5.74, 6) is 0. The lowest BCUT2D eigenvalue weighted by Crippen LogP contribution is -2.22. The molecule has 0 amide bonds. The lowest BCUT2D eigenvalue weighted by Gasteiger charge is -2.15. The van der Waals surface area contributed by atoms with E-state index in [9.17, 15) is 4.79 Å². The van der Waals surface area contributed by atoms with E-state index in [0.717, 1.165) is 0 Å². The van der Waals surface area contributed by atoms with Crippen LogP contribution in [0.5, 0.6) is 0 Å². The van der Waals surface area contributed by atoms with Crippen molar-refractivity contribution in [2.75, 3.05) is 6.61 Å². The third-order valence-corrected chi connectivity index (χ3v) is 0.679. The molecule has 12 heavy (non-hydrogen) atoms. The molecule has 0 aliphatic heterocycles. The Hall–Kier alpha value is -1.03. The van der Waals surface area contributed by atoms with Crippen molar-refractivity contribution >= 4 is 6.16 Å². The quantitative estimate of drug-likeness (QED) is 0.285. The van der Waals surface area contributed by atoms with E-state index in [1.807, 2.05) is 0 Å². The summed E-state index contributed by atoms with van der Waals surface area (Å²) in [6.45, 7) is 8.76. The van der Waals surface area contributed by atoms with Gasteiger partial charge in [-0.25, -0.2) is 4.79 Å². The lowest BCUT2D eigenvalue weighted by molar-refractivity contribution is -0.311. The number of carbonyl (C=O) groups excluding carboxylic acids is 1. The predicted molar refractivity (Wildman–Crippen MR) is 44.6 cm³/mol. The molecule has 0 rings (SSSR count). The molecule has 70 valence electrons. The van der Waals surface area contributed by atoms with Crippen LogP contribution in [0, 0.1) is 0 Å². The highest BCUT2D eigenvalue weighted by molar-refractivity contribution is 5.59. The van der Waals surface area contributed by atoms with Gasteiger partial charge in [0.15, 0.2) is 0 Å². The van der Waals surface area contributed by atoms with Crippen molar-refractivity contribution in [1.82, 2.24) is 0 Å². The predicted octanol–water partition coefficient (Wildman–Crippen LogP) is 2.17. The van der Waals surface area contributed by atoms with Gasteiger partial charge in [-0.1, -0.05) is 12.7 Å². The molecule has 0 fully saturated rings. The standard InChI is InChI=1S/C8H14O4/c1-5-6-10-7(9)11-12-8(2,3)4/h5H,1,6H2,2-4H3/p+1. The average Bonchev–Trinajstić information content (AvgIpc) is 1.95. The average molecular weight is 175 g/mol. The largest absolute Gasteiger partial charge is 1.00 e. The number of hydrogen-bond acceptors (Lipinski definition) is 4. The molecule has 0 aromatic carbocycles. The van der Waals surface area contributed by atoms with Gasteiger partial charge in [0.1, 0.15) is 12.2 Å². The first kappa shape index (κ1) is 11.0. The van der Waals surface area contributed by atoms with Gasteiger partial charge in [0.05, 0.1) is 0 Å². The third kappa shape index (κ3) is 7.08. The summed E-state index contributed by atoms with van der Waals surface area (Å²) in [6.07, 6.45) is 0.586. The highest BCUT2D eigenvalue weighted by Crippen LogP contribution is 2.07. The summed E-state index contributed by atoms with van der Waals surface area (Å²) >= 11 is 0. The molecule has 0 bridgehead atoms. The van der Waals surface area contributed by atoms with Crippen LogP contribution in [-0.4, -0.2) is 18.4 Å². The molecule has 0 spiro atoms. The van der Waals surface area contributed by atoms with E-state index in [4.69, 9.17) is 0 Å². The lowest BCUT2D eigenvalue weighted by atomic mass is 10.2. The van der Waals surface area contributed by atoms with Crippen LogP contribution < -0.4 is 0 Å². The fourth-order valence-corrected chi connectivity index (χ4v) is 0.310. The molecule has 0 aliphatic rings. The fourth-order valence-electron chi connectivity index (χ4n) is 0.310. The molecule has 0 aliphatic carbocycles.